The van der Waals surface area contributed by atoms with Crippen LogP contribution in [0.4, 0.5) is 0 Å². The highest BCUT2D eigenvalue weighted by Crippen LogP contribution is 2.39. The summed E-state index contributed by atoms with van der Waals surface area (Å²) in [5.41, 5.74) is 10.9. The number of aromatic nitrogens is 3. The van der Waals surface area contributed by atoms with Crippen LogP contribution in [0.3, 0.4) is 0 Å². The van der Waals surface area contributed by atoms with E-state index in [9.17, 15) is 4.79 Å². The Bertz CT molecular complexity index is 2720. The van der Waals surface area contributed by atoms with Gasteiger partial charge in [0.1, 0.15) is 0 Å². The molecule has 0 saturated heterocycles. The third-order valence-electron chi connectivity index (χ3n) is 10.0. The molecule has 0 bridgehead atoms. The summed E-state index contributed by atoms with van der Waals surface area (Å²) in [4.78, 5) is 28.5. The molecule has 0 atom stereocenters. The van der Waals surface area contributed by atoms with Crippen molar-refractivity contribution in [1.29, 1.82) is 0 Å². The van der Waals surface area contributed by atoms with Gasteiger partial charge in [-0.2, -0.15) is 0 Å². The summed E-state index contributed by atoms with van der Waals surface area (Å²) in [6, 6.07) is 67.8. The van der Waals surface area contributed by atoms with Crippen LogP contribution in [0.2, 0.25) is 0 Å². The van der Waals surface area contributed by atoms with Crippen molar-refractivity contribution in [2.24, 2.45) is 0 Å². The highest BCUT2D eigenvalue weighted by atomic mass is 16.1. The summed E-state index contributed by atoms with van der Waals surface area (Å²) >= 11 is 0. The molecular formula is C51H35N3O. The second-order valence-corrected chi connectivity index (χ2v) is 13.5. The maximum Gasteiger partial charge on any atom is 0.167 e. The molecule has 0 fully saturated rings. The second-order valence-electron chi connectivity index (χ2n) is 13.5. The van der Waals surface area contributed by atoms with E-state index in [0.717, 1.165) is 55.6 Å². The standard InChI is InChI=1S/C51H35N3O/c55-48(37-16-4-1-5-17-37)34-42-33-41(31-32-44(42)45-24-12-13-25-47(45)46-26-14-22-36-15-10-11-23-43(36)46)35-27-29-40(30-28-35)51-53-49(38-18-6-2-7-19-38)52-50(54-51)39-20-8-3-9-21-39/h1-33H,34H2. The van der Waals surface area contributed by atoms with Gasteiger partial charge in [-0.25, -0.2) is 15.0 Å². The van der Waals surface area contributed by atoms with Crippen molar-refractivity contribution in [1.82, 2.24) is 15.0 Å². The van der Waals surface area contributed by atoms with E-state index in [-0.39, 0.29) is 12.2 Å². The van der Waals surface area contributed by atoms with Gasteiger partial charge < -0.3 is 0 Å². The van der Waals surface area contributed by atoms with Gasteiger partial charge in [0.15, 0.2) is 23.3 Å². The van der Waals surface area contributed by atoms with Gasteiger partial charge in [0.25, 0.3) is 0 Å². The molecule has 0 aliphatic heterocycles. The van der Waals surface area contributed by atoms with Crippen molar-refractivity contribution >= 4 is 16.6 Å². The number of carbonyl (C=O) groups excluding carboxylic acids is 1. The average Bonchev–Trinajstić information content (AvgIpc) is 3.27. The second kappa shape index (κ2) is 15.0. The predicted molar refractivity (Wildman–Crippen MR) is 224 cm³/mol. The minimum Gasteiger partial charge on any atom is -0.294 e. The van der Waals surface area contributed by atoms with E-state index in [4.69, 9.17) is 15.0 Å². The summed E-state index contributed by atoms with van der Waals surface area (Å²) in [6.07, 6.45) is 0.268. The molecule has 0 N–H and O–H groups in total. The molecule has 4 heteroatoms. The number of Topliss-reactive ketones (excluding diaryl/α,β-unsaturated/α-hetero) is 1. The Hall–Kier alpha value is -7.30. The highest BCUT2D eigenvalue weighted by Gasteiger charge is 2.18. The Morgan fingerprint density at radius 1 is 0.364 bits per heavy atom. The minimum absolute atomic E-state index is 0.0790. The maximum atomic E-state index is 13.8. The largest absolute Gasteiger partial charge is 0.294 e. The Labute approximate surface area is 320 Å². The van der Waals surface area contributed by atoms with Crippen LogP contribution in [0.15, 0.2) is 200 Å². The molecule has 260 valence electrons. The van der Waals surface area contributed by atoms with E-state index in [1.165, 1.54) is 10.8 Å². The van der Waals surface area contributed by atoms with E-state index in [2.05, 4.69) is 109 Å². The highest BCUT2D eigenvalue weighted by molar-refractivity contribution is 6.02. The average molecular weight is 706 g/mol. The van der Waals surface area contributed by atoms with Gasteiger partial charge in [-0.05, 0) is 49.7 Å². The summed E-state index contributed by atoms with van der Waals surface area (Å²) in [5, 5.41) is 2.39. The number of fused-ring (bicyclic) bond motifs is 1. The lowest BCUT2D eigenvalue weighted by molar-refractivity contribution is 0.0993. The maximum absolute atomic E-state index is 13.8. The number of carbonyl (C=O) groups is 1. The van der Waals surface area contributed by atoms with Crippen molar-refractivity contribution in [3.63, 3.8) is 0 Å². The predicted octanol–water partition coefficient (Wildman–Crippen LogP) is 12.5. The minimum atomic E-state index is 0.0790. The van der Waals surface area contributed by atoms with Gasteiger partial charge in [0.2, 0.25) is 0 Å². The fourth-order valence-corrected chi connectivity index (χ4v) is 7.24. The first-order chi connectivity index (χ1) is 27.2. The molecule has 8 aromatic carbocycles. The van der Waals surface area contributed by atoms with Crippen molar-refractivity contribution < 1.29 is 4.79 Å². The van der Waals surface area contributed by atoms with Crippen LogP contribution >= 0.6 is 0 Å². The number of hydrogen-bond acceptors (Lipinski definition) is 4. The zero-order chi connectivity index (χ0) is 37.0. The normalized spacial score (nSPS) is 11.1. The van der Waals surface area contributed by atoms with Gasteiger partial charge >= 0.3 is 0 Å². The van der Waals surface area contributed by atoms with Gasteiger partial charge in [-0.1, -0.05) is 200 Å². The molecule has 0 spiro atoms. The van der Waals surface area contributed by atoms with E-state index in [0.29, 0.717) is 23.0 Å². The van der Waals surface area contributed by atoms with Gasteiger partial charge in [-0.15, -0.1) is 0 Å². The van der Waals surface area contributed by atoms with Gasteiger partial charge in [0.05, 0.1) is 0 Å². The van der Waals surface area contributed by atoms with E-state index < -0.39 is 0 Å². The Balaban J connectivity index is 1.12. The summed E-state index contributed by atoms with van der Waals surface area (Å²) in [7, 11) is 0. The Kier molecular flexibility index (Phi) is 9.13. The lowest BCUT2D eigenvalue weighted by Crippen LogP contribution is -2.05. The van der Waals surface area contributed by atoms with Crippen LogP contribution in [0.25, 0.3) is 78.3 Å². The van der Waals surface area contributed by atoms with Crippen molar-refractivity contribution in [2.75, 3.05) is 0 Å². The van der Waals surface area contributed by atoms with Crippen LogP contribution in [0.1, 0.15) is 15.9 Å². The molecule has 9 aromatic rings. The first-order valence-corrected chi connectivity index (χ1v) is 18.4. The molecule has 1 aromatic heterocycles. The van der Waals surface area contributed by atoms with Crippen molar-refractivity contribution in [2.45, 2.75) is 6.42 Å². The Morgan fingerprint density at radius 3 is 1.45 bits per heavy atom. The molecular weight excluding hydrogens is 671 g/mol. The molecule has 0 saturated carbocycles. The van der Waals surface area contributed by atoms with Gasteiger partial charge in [-0.3, -0.25) is 4.79 Å². The Morgan fingerprint density at radius 2 is 0.818 bits per heavy atom. The molecule has 0 radical (unpaired) electrons. The lowest BCUT2D eigenvalue weighted by atomic mass is 9.86. The fraction of sp³-hybridized carbons (Fsp3) is 0.0196. The topological polar surface area (TPSA) is 55.7 Å². The first kappa shape index (κ1) is 33.5. The zero-order valence-electron chi connectivity index (χ0n) is 30.0. The summed E-state index contributed by atoms with van der Waals surface area (Å²) in [6.45, 7) is 0. The molecule has 55 heavy (non-hydrogen) atoms. The van der Waals surface area contributed by atoms with Gasteiger partial charge in [0, 0.05) is 28.7 Å². The summed E-state index contributed by atoms with van der Waals surface area (Å²) < 4.78 is 0. The number of hydrogen-bond donors (Lipinski definition) is 0. The van der Waals surface area contributed by atoms with E-state index in [1.54, 1.807) is 0 Å². The lowest BCUT2D eigenvalue weighted by Gasteiger charge is -2.17. The molecule has 0 aliphatic carbocycles. The zero-order valence-corrected chi connectivity index (χ0v) is 30.0. The first-order valence-electron chi connectivity index (χ1n) is 18.4. The SMILES string of the molecule is O=C(Cc1cc(-c2ccc(-c3nc(-c4ccccc4)nc(-c4ccccc4)n3)cc2)ccc1-c1ccccc1-c1cccc2ccccc12)c1ccccc1. The molecule has 0 unspecified atom stereocenters. The molecule has 4 nitrogen and oxygen atoms in total. The van der Waals surface area contributed by atoms with Crippen LogP contribution in [0.5, 0.6) is 0 Å². The van der Waals surface area contributed by atoms with Crippen LogP contribution in [0, 0.1) is 0 Å². The van der Waals surface area contributed by atoms with E-state index >= 15 is 0 Å². The molecule has 0 amide bonds. The molecule has 1 heterocycles. The number of nitrogens with zero attached hydrogens (tertiary/aromatic N) is 3. The fourth-order valence-electron chi connectivity index (χ4n) is 7.24. The quantitative estimate of drug-likeness (QED) is 0.140. The van der Waals surface area contributed by atoms with Crippen LogP contribution in [-0.2, 0) is 6.42 Å². The third kappa shape index (κ3) is 6.97. The molecule has 9 rings (SSSR count). The van der Waals surface area contributed by atoms with Crippen molar-refractivity contribution in [3.05, 3.63) is 211 Å². The number of ketones is 1. The third-order valence-corrected chi connectivity index (χ3v) is 10.0. The number of benzene rings is 8. The summed E-state index contributed by atoms with van der Waals surface area (Å²) in [5.74, 6) is 1.94. The van der Waals surface area contributed by atoms with Crippen LogP contribution < -0.4 is 0 Å². The monoisotopic (exact) mass is 705 g/mol. The number of rotatable bonds is 9. The smallest absolute Gasteiger partial charge is 0.167 e. The van der Waals surface area contributed by atoms with Crippen LogP contribution in [-0.4, -0.2) is 20.7 Å². The van der Waals surface area contributed by atoms with E-state index in [1.807, 2.05) is 91.0 Å². The molecule has 0 aliphatic rings. The van der Waals surface area contributed by atoms with Crippen molar-refractivity contribution in [3.8, 4) is 67.5 Å².